The topological polar surface area (TPSA) is 82.1 Å². The number of nitrogens with zero attached hydrogens (tertiary/aromatic N) is 3. The van der Waals surface area contributed by atoms with Gasteiger partial charge in [0, 0.05) is 17.7 Å². The average Bonchev–Trinajstić information content (AvgIpc) is 3.33. The molecule has 0 bridgehead atoms. The maximum absolute atomic E-state index is 5.72. The molecule has 0 aromatic carbocycles. The number of rotatable bonds is 4. The molecule has 1 saturated carbocycles. The Balaban J connectivity index is 1.64. The number of hydrazone groups is 1. The summed E-state index contributed by atoms with van der Waals surface area (Å²) in [5.74, 6) is 12.5. The lowest BCUT2D eigenvalue weighted by atomic mass is 10.1. The molecule has 132 valence electrons. The summed E-state index contributed by atoms with van der Waals surface area (Å²) in [6, 6.07) is 2.00. The van der Waals surface area contributed by atoms with E-state index in [1.807, 2.05) is 26.8 Å². The fraction of sp³-hybridized carbons (Fsp3) is 0.526. The van der Waals surface area contributed by atoms with Crippen LogP contribution in [0.25, 0.3) is 0 Å². The number of nitrogens with two attached hydrogens (primary N) is 1. The van der Waals surface area contributed by atoms with Gasteiger partial charge in [-0.25, -0.2) is 0 Å². The molecule has 2 N–H and O–H groups in total. The lowest BCUT2D eigenvalue weighted by molar-refractivity contribution is -0.0702. The Morgan fingerprint density at radius 2 is 2.28 bits per heavy atom. The summed E-state index contributed by atoms with van der Waals surface area (Å²) < 4.78 is 11.3. The lowest BCUT2D eigenvalue weighted by Crippen LogP contribution is -2.23. The van der Waals surface area contributed by atoms with Crippen molar-refractivity contribution < 1.29 is 9.47 Å². The van der Waals surface area contributed by atoms with Crippen LogP contribution < -0.4 is 5.84 Å². The number of aryl methyl sites for hydroxylation is 1. The van der Waals surface area contributed by atoms with Gasteiger partial charge in [-0.2, -0.15) is 5.10 Å². The maximum Gasteiger partial charge on any atom is 0.177 e. The van der Waals surface area contributed by atoms with Crippen molar-refractivity contribution in [3.05, 3.63) is 29.1 Å². The van der Waals surface area contributed by atoms with Crippen LogP contribution in [0.2, 0.25) is 0 Å². The molecule has 1 aromatic heterocycles. The summed E-state index contributed by atoms with van der Waals surface area (Å²) in [5.41, 5.74) is 2.85. The van der Waals surface area contributed by atoms with Crippen LogP contribution in [0.5, 0.6) is 0 Å². The molecule has 0 radical (unpaired) electrons. The third-order valence-corrected chi connectivity index (χ3v) is 3.99. The van der Waals surface area contributed by atoms with Gasteiger partial charge in [-0.05, 0) is 45.2 Å². The molecule has 2 fully saturated rings. The highest BCUT2D eigenvalue weighted by Gasteiger charge is 2.32. The van der Waals surface area contributed by atoms with E-state index in [4.69, 9.17) is 15.3 Å². The Labute approximate surface area is 148 Å². The average molecular weight is 340 g/mol. The zero-order valence-electron chi connectivity index (χ0n) is 15.0. The van der Waals surface area contributed by atoms with Gasteiger partial charge in [0.2, 0.25) is 0 Å². The van der Waals surface area contributed by atoms with E-state index in [0.29, 0.717) is 30.5 Å². The Morgan fingerprint density at radius 1 is 1.48 bits per heavy atom. The molecule has 2 aliphatic rings. The summed E-state index contributed by atoms with van der Waals surface area (Å²) in [6.07, 6.45) is 5.46. The van der Waals surface area contributed by atoms with Crippen LogP contribution in [0.4, 0.5) is 0 Å². The summed E-state index contributed by atoms with van der Waals surface area (Å²) in [6.45, 7) is 6.91. The predicted molar refractivity (Wildman–Crippen MR) is 97.6 cm³/mol. The van der Waals surface area contributed by atoms with Crippen LogP contribution in [0.15, 0.2) is 22.4 Å². The van der Waals surface area contributed by atoms with Crippen LogP contribution in [-0.4, -0.2) is 42.0 Å². The van der Waals surface area contributed by atoms with Crippen LogP contribution >= 0.6 is 0 Å². The third-order valence-electron chi connectivity index (χ3n) is 3.99. The maximum atomic E-state index is 5.72. The van der Waals surface area contributed by atoms with Crippen LogP contribution in [0.3, 0.4) is 0 Å². The van der Waals surface area contributed by atoms with Crippen molar-refractivity contribution in [2.45, 2.75) is 45.5 Å². The zero-order chi connectivity index (χ0) is 17.9. The van der Waals surface area contributed by atoms with Gasteiger partial charge in [-0.1, -0.05) is 11.8 Å². The molecule has 1 saturated heterocycles. The second-order valence-electron chi connectivity index (χ2n) is 7.06. The Bertz CT molecular complexity index is 754. The Hall–Kier alpha value is -2.23. The van der Waals surface area contributed by atoms with Gasteiger partial charge in [0.1, 0.15) is 5.71 Å². The number of ether oxygens (including phenoxy) is 2. The van der Waals surface area contributed by atoms with Gasteiger partial charge >= 0.3 is 0 Å². The van der Waals surface area contributed by atoms with Gasteiger partial charge in [-0.3, -0.25) is 9.98 Å². The van der Waals surface area contributed by atoms with Crippen molar-refractivity contribution in [2.24, 2.45) is 21.9 Å². The molecule has 2 heterocycles. The molecule has 1 unspecified atom stereocenters. The number of pyridine rings is 1. The molecule has 0 amide bonds. The highest BCUT2D eigenvalue weighted by molar-refractivity contribution is 6.37. The van der Waals surface area contributed by atoms with Crippen LogP contribution in [-0.2, 0) is 9.47 Å². The summed E-state index contributed by atoms with van der Waals surface area (Å²) >= 11 is 0. The van der Waals surface area contributed by atoms with E-state index < -0.39 is 0 Å². The second kappa shape index (κ2) is 7.34. The lowest BCUT2D eigenvalue weighted by Gasteiger charge is -2.14. The van der Waals surface area contributed by atoms with E-state index in [2.05, 4.69) is 26.9 Å². The van der Waals surface area contributed by atoms with E-state index in [-0.39, 0.29) is 11.9 Å². The van der Waals surface area contributed by atoms with Crippen molar-refractivity contribution in [1.82, 2.24) is 4.98 Å². The van der Waals surface area contributed by atoms with Gasteiger partial charge in [-0.15, -0.1) is 0 Å². The summed E-state index contributed by atoms with van der Waals surface area (Å²) in [5, 5.41) is 3.81. The minimum atomic E-state index is -0.334. The molecule has 1 aliphatic heterocycles. The van der Waals surface area contributed by atoms with Crippen LogP contribution in [0, 0.1) is 24.7 Å². The number of hydrogen-bond donors (Lipinski definition) is 1. The molecule has 6 heteroatoms. The Morgan fingerprint density at radius 3 is 2.88 bits per heavy atom. The number of aliphatic imine (C=N–C) groups is 1. The molecule has 25 heavy (non-hydrogen) atoms. The number of hydrogen-bond acceptors (Lipinski definition) is 6. The fourth-order valence-corrected chi connectivity index (χ4v) is 2.51. The second-order valence-corrected chi connectivity index (χ2v) is 7.06. The first-order valence-corrected chi connectivity index (χ1v) is 8.52. The smallest absolute Gasteiger partial charge is 0.177 e. The molecule has 6 nitrogen and oxygen atoms in total. The third kappa shape index (κ3) is 4.88. The minimum absolute atomic E-state index is 0.263. The largest absolute Gasteiger partial charge is 0.348 e. The summed E-state index contributed by atoms with van der Waals surface area (Å²) in [4.78, 5) is 8.80. The van der Waals surface area contributed by atoms with Gasteiger partial charge in [0.05, 0.1) is 30.7 Å². The molecule has 1 aromatic rings. The zero-order valence-corrected chi connectivity index (χ0v) is 15.0. The quantitative estimate of drug-likeness (QED) is 0.393. The highest BCUT2D eigenvalue weighted by Crippen LogP contribution is 2.27. The van der Waals surface area contributed by atoms with E-state index in [1.165, 1.54) is 12.8 Å². The Kier molecular flexibility index (Phi) is 5.16. The molecular weight excluding hydrogens is 316 g/mol. The monoisotopic (exact) mass is 340 g/mol. The number of aromatic nitrogens is 1. The van der Waals surface area contributed by atoms with Crippen molar-refractivity contribution in [3.63, 3.8) is 0 Å². The molecule has 3 rings (SSSR count). The molecule has 0 spiro atoms. The fourth-order valence-electron chi connectivity index (χ4n) is 2.51. The van der Waals surface area contributed by atoms with Crippen molar-refractivity contribution in [3.8, 4) is 11.8 Å². The first kappa shape index (κ1) is 17.6. The highest BCUT2D eigenvalue weighted by atomic mass is 16.7. The van der Waals surface area contributed by atoms with Crippen molar-refractivity contribution >= 4 is 11.9 Å². The van der Waals surface area contributed by atoms with E-state index in [0.717, 1.165) is 11.1 Å². The van der Waals surface area contributed by atoms with E-state index >= 15 is 0 Å². The minimum Gasteiger partial charge on any atom is -0.348 e. The van der Waals surface area contributed by atoms with Crippen molar-refractivity contribution in [2.75, 3.05) is 13.2 Å². The van der Waals surface area contributed by atoms with Gasteiger partial charge in [0.25, 0.3) is 0 Å². The summed E-state index contributed by atoms with van der Waals surface area (Å²) in [7, 11) is 0. The van der Waals surface area contributed by atoms with Crippen molar-refractivity contribution in [1.29, 1.82) is 0 Å². The first-order valence-electron chi connectivity index (χ1n) is 8.52. The first-order chi connectivity index (χ1) is 12.0. The predicted octanol–water partition coefficient (Wildman–Crippen LogP) is 2.04. The van der Waals surface area contributed by atoms with Gasteiger partial charge < -0.3 is 15.3 Å². The normalized spacial score (nSPS) is 22.8. The standard InChI is InChI=1S/C19H24N4O2/c1-13-8-15(7-6-14-4-5-14)9-22-18(13)16(23-20)10-21-11-17-24-12-19(2,3)25-17/h8-10,14,17H,4-5,11-12,20H2,1-3H3/b21-10?,23-16+. The van der Waals surface area contributed by atoms with E-state index in [1.54, 1.807) is 12.4 Å². The molecule has 1 atom stereocenters. The van der Waals surface area contributed by atoms with Crippen LogP contribution in [0.1, 0.15) is 43.5 Å². The molecule has 1 aliphatic carbocycles. The van der Waals surface area contributed by atoms with E-state index in [9.17, 15) is 0 Å². The SMILES string of the molecule is Cc1cc(C#CC2CC2)cnc1/C(C=NCC1OCC(C)(C)O1)=N/N. The van der Waals surface area contributed by atoms with Gasteiger partial charge in [0.15, 0.2) is 6.29 Å². The molecular formula is C19H24N4O2.